The highest BCUT2D eigenvalue weighted by Crippen LogP contribution is 2.25. The summed E-state index contributed by atoms with van der Waals surface area (Å²) in [6.45, 7) is -0.0607. The highest BCUT2D eigenvalue weighted by Gasteiger charge is 2.48. The summed E-state index contributed by atoms with van der Waals surface area (Å²) < 4.78 is 60.6. The zero-order valence-electron chi connectivity index (χ0n) is 10.4. The van der Waals surface area contributed by atoms with Crippen molar-refractivity contribution in [2.45, 2.75) is 18.5 Å². The summed E-state index contributed by atoms with van der Waals surface area (Å²) in [6, 6.07) is 0. The molecule has 0 spiro atoms. The summed E-state index contributed by atoms with van der Waals surface area (Å²) in [6.07, 6.45) is 4.17. The number of imidazole rings is 1. The molecule has 1 rings (SSSR count). The Kier molecular flexibility index (Phi) is 5.11. The Hall–Kier alpha value is -1.62. The number of aryl methyl sites for hydroxylation is 1. The third kappa shape index (κ3) is 3.70. The molecule has 0 saturated heterocycles. The number of rotatable bonds is 6. The van der Waals surface area contributed by atoms with Crippen LogP contribution in [0.5, 0.6) is 0 Å². The number of hydrogen-bond acceptors (Lipinski definition) is 5. The maximum absolute atomic E-state index is 12.3. The number of halogens is 3. The number of aromatic nitrogens is 2. The molecule has 20 heavy (non-hydrogen) atoms. The Morgan fingerprint density at radius 1 is 1.55 bits per heavy atom. The lowest BCUT2D eigenvalue weighted by Crippen LogP contribution is -2.38. The van der Waals surface area contributed by atoms with E-state index >= 15 is 0 Å². The lowest BCUT2D eigenvalue weighted by atomic mass is 10.4. The molecule has 0 aliphatic carbocycles. The monoisotopic (exact) mass is 314 g/mol. The first-order valence-electron chi connectivity index (χ1n) is 5.41. The van der Waals surface area contributed by atoms with Crippen LogP contribution in [0.4, 0.5) is 13.2 Å². The van der Waals surface area contributed by atoms with Crippen molar-refractivity contribution in [2.75, 3.05) is 13.6 Å². The molecule has 0 radical (unpaired) electrons. The molecule has 7 nitrogen and oxygen atoms in total. The van der Waals surface area contributed by atoms with E-state index in [-0.39, 0.29) is 23.8 Å². The van der Waals surface area contributed by atoms with Crippen LogP contribution in [0, 0.1) is 0 Å². The first-order chi connectivity index (χ1) is 9.20. The number of sulfonamides is 1. The molecule has 0 aliphatic heterocycles. The molecule has 1 heterocycles. The van der Waals surface area contributed by atoms with Crippen LogP contribution in [-0.4, -0.2) is 52.8 Å². The van der Waals surface area contributed by atoms with E-state index < -0.39 is 15.5 Å². The highest BCUT2D eigenvalue weighted by molar-refractivity contribution is 7.89. The molecule has 11 heteroatoms. The molecule has 0 bridgehead atoms. The van der Waals surface area contributed by atoms with Crippen LogP contribution in [-0.2, 0) is 16.6 Å². The van der Waals surface area contributed by atoms with Crippen molar-refractivity contribution >= 4 is 16.2 Å². The highest BCUT2D eigenvalue weighted by atomic mass is 32.2. The van der Waals surface area contributed by atoms with Gasteiger partial charge in [-0.2, -0.15) is 17.5 Å². The van der Waals surface area contributed by atoms with Crippen molar-refractivity contribution in [1.82, 2.24) is 13.9 Å². The van der Waals surface area contributed by atoms with Crippen LogP contribution >= 0.6 is 0 Å². The van der Waals surface area contributed by atoms with Crippen molar-refractivity contribution in [1.29, 1.82) is 0 Å². The van der Waals surface area contributed by atoms with Gasteiger partial charge in [-0.3, -0.25) is 0 Å². The predicted molar refractivity (Wildman–Crippen MR) is 63.8 cm³/mol. The number of oxime groups is 1. The minimum atomic E-state index is -5.30. The van der Waals surface area contributed by atoms with Crippen LogP contribution in [0.2, 0.25) is 0 Å². The van der Waals surface area contributed by atoms with Gasteiger partial charge in [0, 0.05) is 32.5 Å². The van der Waals surface area contributed by atoms with Crippen molar-refractivity contribution < 1.29 is 26.8 Å². The molecule has 114 valence electrons. The Morgan fingerprint density at radius 3 is 2.75 bits per heavy atom. The average molecular weight is 314 g/mol. The SMILES string of the molecule is CN(CCCn1ccnc1/C=N\O)S(=O)(=O)C(F)(F)F. The maximum atomic E-state index is 12.3. The van der Waals surface area contributed by atoms with Crippen molar-refractivity contribution in [3.8, 4) is 0 Å². The summed E-state index contributed by atoms with van der Waals surface area (Å²) in [5, 5.41) is 11.2. The van der Waals surface area contributed by atoms with E-state index in [2.05, 4.69) is 10.1 Å². The van der Waals surface area contributed by atoms with E-state index in [1.165, 1.54) is 17.0 Å². The lowest BCUT2D eigenvalue weighted by Gasteiger charge is -2.18. The summed E-state index contributed by atoms with van der Waals surface area (Å²) in [5.74, 6) is 0.314. The van der Waals surface area contributed by atoms with Gasteiger partial charge in [-0.05, 0) is 6.42 Å². The largest absolute Gasteiger partial charge is 0.511 e. The minimum absolute atomic E-state index is 0.147. The van der Waals surface area contributed by atoms with Crippen LogP contribution in [0.1, 0.15) is 12.2 Å². The van der Waals surface area contributed by atoms with Gasteiger partial charge < -0.3 is 9.77 Å². The van der Waals surface area contributed by atoms with Gasteiger partial charge in [0.1, 0.15) is 6.21 Å². The van der Waals surface area contributed by atoms with Gasteiger partial charge >= 0.3 is 15.5 Å². The fourth-order valence-corrected chi connectivity index (χ4v) is 2.17. The molecular formula is C9H13F3N4O3S. The molecule has 1 aromatic heterocycles. The molecule has 1 N–H and O–H groups in total. The van der Waals surface area contributed by atoms with Crippen LogP contribution in [0.25, 0.3) is 0 Å². The Bertz CT molecular complexity index is 567. The van der Waals surface area contributed by atoms with Gasteiger partial charge in [0.15, 0.2) is 5.82 Å². The van der Waals surface area contributed by atoms with Gasteiger partial charge in [-0.15, -0.1) is 0 Å². The van der Waals surface area contributed by atoms with Gasteiger partial charge in [0.25, 0.3) is 0 Å². The topological polar surface area (TPSA) is 87.8 Å². The maximum Gasteiger partial charge on any atom is 0.511 e. The predicted octanol–water partition coefficient (Wildman–Crippen LogP) is 0.863. The van der Waals surface area contributed by atoms with E-state index in [4.69, 9.17) is 5.21 Å². The summed E-state index contributed by atoms with van der Waals surface area (Å²) >= 11 is 0. The third-order valence-electron chi connectivity index (χ3n) is 2.50. The van der Waals surface area contributed by atoms with Crippen molar-refractivity contribution in [3.05, 3.63) is 18.2 Å². The third-order valence-corrected chi connectivity index (χ3v) is 4.08. The van der Waals surface area contributed by atoms with Crippen LogP contribution < -0.4 is 0 Å². The summed E-state index contributed by atoms with van der Waals surface area (Å²) in [7, 11) is -4.43. The van der Waals surface area contributed by atoms with E-state index in [9.17, 15) is 21.6 Å². The first-order valence-corrected chi connectivity index (χ1v) is 6.85. The molecule has 0 saturated carbocycles. The van der Waals surface area contributed by atoms with Crippen LogP contribution in [0.3, 0.4) is 0 Å². The molecule has 1 aromatic rings. The molecule has 0 amide bonds. The van der Waals surface area contributed by atoms with E-state index in [1.807, 2.05) is 0 Å². The second-order valence-corrected chi connectivity index (χ2v) is 5.89. The first kappa shape index (κ1) is 16.4. The Labute approximate surface area is 113 Å². The van der Waals surface area contributed by atoms with Gasteiger partial charge in [0.2, 0.25) is 0 Å². The second kappa shape index (κ2) is 6.22. The Balaban J connectivity index is 2.59. The Morgan fingerprint density at radius 2 is 2.20 bits per heavy atom. The average Bonchev–Trinajstić information content (AvgIpc) is 2.75. The quantitative estimate of drug-likeness (QED) is 0.479. The van der Waals surface area contributed by atoms with Crippen LogP contribution in [0.15, 0.2) is 17.5 Å². The zero-order valence-corrected chi connectivity index (χ0v) is 11.3. The number of hydrogen-bond donors (Lipinski definition) is 1. The number of nitrogens with zero attached hydrogens (tertiary/aromatic N) is 4. The molecule has 0 aromatic carbocycles. The lowest BCUT2D eigenvalue weighted by molar-refractivity contribution is -0.0482. The molecule has 0 fully saturated rings. The van der Waals surface area contributed by atoms with Gasteiger partial charge in [0.05, 0.1) is 0 Å². The normalized spacial score (nSPS) is 13.4. The standard InChI is InChI=1S/C9H13F3N4O3S/c1-15(20(18,19)9(10,11)12)4-2-5-16-6-3-13-8(16)7-14-17/h3,6-7,17H,2,4-5H2,1H3/b14-7-. The number of alkyl halides is 3. The molecule has 0 unspecified atom stereocenters. The zero-order chi connectivity index (χ0) is 15.4. The molecule has 0 aliphatic rings. The smallest absolute Gasteiger partial charge is 0.411 e. The fourth-order valence-electron chi connectivity index (χ4n) is 1.45. The summed E-state index contributed by atoms with van der Waals surface area (Å²) in [5.41, 5.74) is -5.30. The fraction of sp³-hybridized carbons (Fsp3) is 0.556. The van der Waals surface area contributed by atoms with Crippen molar-refractivity contribution in [2.24, 2.45) is 5.16 Å². The van der Waals surface area contributed by atoms with Gasteiger partial charge in [-0.1, -0.05) is 5.16 Å². The van der Waals surface area contributed by atoms with Crippen molar-refractivity contribution in [3.63, 3.8) is 0 Å². The molecular weight excluding hydrogens is 301 g/mol. The second-order valence-electron chi connectivity index (χ2n) is 3.85. The van der Waals surface area contributed by atoms with Gasteiger partial charge in [-0.25, -0.2) is 13.4 Å². The minimum Gasteiger partial charge on any atom is -0.411 e. The molecule has 0 atom stereocenters. The van der Waals surface area contributed by atoms with E-state index in [1.54, 1.807) is 0 Å². The van der Waals surface area contributed by atoms with E-state index in [0.717, 1.165) is 13.3 Å². The van der Waals surface area contributed by atoms with E-state index in [0.29, 0.717) is 5.82 Å². The summed E-state index contributed by atoms with van der Waals surface area (Å²) in [4.78, 5) is 3.83.